The van der Waals surface area contributed by atoms with Gasteiger partial charge >= 0.3 is 5.91 Å². The number of carbonyl (C=O) groups is 1. The third kappa shape index (κ3) is 1.55. The molecule has 68 valence electrons. The molecule has 1 heterocycles. The van der Waals surface area contributed by atoms with Gasteiger partial charge in [-0.2, -0.15) is 0 Å². The Morgan fingerprint density at radius 1 is 1.31 bits per heavy atom. The van der Waals surface area contributed by atoms with E-state index in [4.69, 9.17) is 9.68 Å². The van der Waals surface area contributed by atoms with Crippen molar-refractivity contribution in [3.63, 3.8) is 0 Å². The van der Waals surface area contributed by atoms with Crippen LogP contribution in [0.3, 0.4) is 0 Å². The van der Waals surface area contributed by atoms with Gasteiger partial charge in [-0.15, -0.1) is 0 Å². The van der Waals surface area contributed by atoms with E-state index in [1.165, 1.54) is 0 Å². The van der Waals surface area contributed by atoms with Gasteiger partial charge < -0.3 is 9.68 Å². The van der Waals surface area contributed by atoms with Crippen molar-refractivity contribution in [2.45, 2.75) is 0 Å². The number of hydrogen-bond acceptors (Lipinski definition) is 3. The lowest BCUT2D eigenvalue weighted by molar-refractivity contribution is -0.221. The highest BCUT2D eigenvalue weighted by molar-refractivity contribution is 14.1. The Kier molecular flexibility index (Phi) is 2.26. The van der Waals surface area contributed by atoms with Crippen molar-refractivity contribution >= 4 is 28.5 Å². The standard InChI is InChI=1S/C8H6INO3/c9-5-8(11)10-12-6-3-1-2-4-7(6)13-10/h1-4H,5H2. The third-order valence-electron chi connectivity index (χ3n) is 1.53. The molecule has 1 aliphatic heterocycles. The van der Waals surface area contributed by atoms with E-state index < -0.39 is 0 Å². The maximum Gasteiger partial charge on any atom is 0.306 e. The number of rotatable bonds is 1. The van der Waals surface area contributed by atoms with Gasteiger partial charge in [-0.25, -0.2) is 0 Å². The number of halogens is 1. The second-order valence-corrected chi connectivity index (χ2v) is 3.18. The minimum absolute atomic E-state index is 0.211. The molecule has 0 saturated heterocycles. The van der Waals surface area contributed by atoms with Crippen LogP contribution in [0.5, 0.6) is 11.5 Å². The summed E-state index contributed by atoms with van der Waals surface area (Å²) < 4.78 is 0.325. The van der Waals surface area contributed by atoms with Crippen LogP contribution in [0.4, 0.5) is 0 Å². The van der Waals surface area contributed by atoms with Crippen molar-refractivity contribution in [2.24, 2.45) is 0 Å². The van der Waals surface area contributed by atoms with E-state index in [9.17, 15) is 4.79 Å². The summed E-state index contributed by atoms with van der Waals surface area (Å²) in [5, 5.41) is 0.900. The van der Waals surface area contributed by atoms with E-state index >= 15 is 0 Å². The average molecular weight is 291 g/mol. The number of nitrogens with zero attached hydrogens (tertiary/aromatic N) is 1. The molecular weight excluding hydrogens is 285 g/mol. The van der Waals surface area contributed by atoms with Crippen molar-refractivity contribution in [1.29, 1.82) is 0 Å². The van der Waals surface area contributed by atoms with Gasteiger partial charge in [-0.1, -0.05) is 34.7 Å². The van der Waals surface area contributed by atoms with Gasteiger partial charge in [0.1, 0.15) is 0 Å². The summed E-state index contributed by atoms with van der Waals surface area (Å²) >= 11 is 1.95. The molecule has 0 unspecified atom stereocenters. The molecule has 1 aliphatic rings. The highest BCUT2D eigenvalue weighted by atomic mass is 127. The number of hydroxylamine groups is 2. The molecule has 0 N–H and O–H groups in total. The summed E-state index contributed by atoms with van der Waals surface area (Å²) in [5.74, 6) is 0.929. The van der Waals surface area contributed by atoms with Crippen LogP contribution in [-0.4, -0.2) is 15.6 Å². The van der Waals surface area contributed by atoms with Gasteiger partial charge in [-0.3, -0.25) is 4.79 Å². The predicted molar refractivity (Wildman–Crippen MR) is 53.4 cm³/mol. The molecule has 13 heavy (non-hydrogen) atoms. The Labute approximate surface area is 88.5 Å². The van der Waals surface area contributed by atoms with Crippen molar-refractivity contribution in [3.05, 3.63) is 24.3 Å². The fourth-order valence-electron chi connectivity index (χ4n) is 0.949. The Balaban J connectivity index is 2.18. The second-order valence-electron chi connectivity index (χ2n) is 2.41. The predicted octanol–water partition coefficient (Wildman–Crippen LogP) is 1.55. The summed E-state index contributed by atoms with van der Waals surface area (Å²) in [4.78, 5) is 21.4. The van der Waals surface area contributed by atoms with Crippen molar-refractivity contribution in [2.75, 3.05) is 4.43 Å². The van der Waals surface area contributed by atoms with Crippen LogP contribution >= 0.6 is 22.6 Å². The molecule has 0 aliphatic carbocycles. The summed E-state index contributed by atoms with van der Waals surface area (Å²) in [6.45, 7) is 0. The van der Waals surface area contributed by atoms with E-state index in [1.807, 2.05) is 34.7 Å². The Hall–Kier alpha value is -0.980. The monoisotopic (exact) mass is 291 g/mol. The lowest BCUT2D eigenvalue weighted by Crippen LogP contribution is -2.33. The molecule has 0 fully saturated rings. The second kappa shape index (κ2) is 3.41. The van der Waals surface area contributed by atoms with Crippen molar-refractivity contribution < 1.29 is 14.5 Å². The Morgan fingerprint density at radius 2 is 1.85 bits per heavy atom. The first-order valence-corrected chi connectivity index (χ1v) is 5.17. The Morgan fingerprint density at radius 3 is 2.31 bits per heavy atom. The molecular formula is C8H6INO3. The van der Waals surface area contributed by atoms with E-state index in [-0.39, 0.29) is 5.91 Å². The molecule has 0 atom stereocenters. The highest BCUT2D eigenvalue weighted by Crippen LogP contribution is 2.33. The zero-order valence-corrected chi connectivity index (χ0v) is 8.72. The van der Waals surface area contributed by atoms with E-state index in [1.54, 1.807) is 12.1 Å². The van der Waals surface area contributed by atoms with Crippen LogP contribution < -0.4 is 9.68 Å². The van der Waals surface area contributed by atoms with Crippen LogP contribution in [0.15, 0.2) is 24.3 Å². The average Bonchev–Trinajstić information content (AvgIpc) is 2.59. The van der Waals surface area contributed by atoms with Gasteiger partial charge in [-0.05, 0) is 12.1 Å². The first kappa shape index (κ1) is 8.61. The maximum absolute atomic E-state index is 11.2. The molecule has 5 heteroatoms. The number of alkyl halides is 1. The van der Waals surface area contributed by atoms with Crippen LogP contribution in [0.1, 0.15) is 0 Å². The molecule has 4 nitrogen and oxygen atoms in total. The third-order valence-corrected chi connectivity index (χ3v) is 2.18. The zero-order valence-electron chi connectivity index (χ0n) is 6.57. The SMILES string of the molecule is O=C(CI)N1Oc2ccccc2O1. The molecule has 0 saturated carbocycles. The lowest BCUT2D eigenvalue weighted by atomic mass is 10.3. The number of carbonyl (C=O) groups excluding carboxylic acids is 1. The van der Waals surface area contributed by atoms with Crippen LogP contribution in [0, 0.1) is 0 Å². The largest absolute Gasteiger partial charge is 0.339 e. The van der Waals surface area contributed by atoms with Crippen molar-refractivity contribution in [1.82, 2.24) is 5.23 Å². The van der Waals surface area contributed by atoms with E-state index in [2.05, 4.69) is 0 Å². The molecule has 1 aromatic rings. The number of benzene rings is 1. The van der Waals surface area contributed by atoms with E-state index in [0.717, 1.165) is 5.23 Å². The van der Waals surface area contributed by atoms with Crippen LogP contribution in [0.2, 0.25) is 0 Å². The molecule has 0 radical (unpaired) electrons. The summed E-state index contributed by atoms with van der Waals surface area (Å²) in [6, 6.07) is 7.13. The van der Waals surface area contributed by atoms with Gasteiger partial charge in [0.05, 0.1) is 4.43 Å². The van der Waals surface area contributed by atoms with Gasteiger partial charge in [0.2, 0.25) is 11.5 Å². The number of hydrogen-bond donors (Lipinski definition) is 0. The number of amides is 1. The van der Waals surface area contributed by atoms with Gasteiger partial charge in [0, 0.05) is 5.23 Å². The maximum atomic E-state index is 11.2. The molecule has 1 aromatic carbocycles. The molecule has 1 amide bonds. The van der Waals surface area contributed by atoms with Crippen LogP contribution in [-0.2, 0) is 4.79 Å². The smallest absolute Gasteiger partial charge is 0.306 e. The van der Waals surface area contributed by atoms with E-state index in [0.29, 0.717) is 15.9 Å². The molecule has 0 bridgehead atoms. The summed E-state index contributed by atoms with van der Waals surface area (Å²) in [6.07, 6.45) is 0. The first-order chi connectivity index (χ1) is 6.31. The zero-order chi connectivity index (χ0) is 9.26. The highest BCUT2D eigenvalue weighted by Gasteiger charge is 2.26. The molecule has 0 aromatic heterocycles. The number of para-hydroxylation sites is 2. The lowest BCUT2D eigenvalue weighted by Gasteiger charge is -2.09. The normalized spacial score (nSPS) is 13.2. The van der Waals surface area contributed by atoms with Crippen LogP contribution in [0.25, 0.3) is 0 Å². The number of fused-ring (bicyclic) bond motifs is 1. The fraction of sp³-hybridized carbons (Fsp3) is 0.125. The van der Waals surface area contributed by atoms with Gasteiger partial charge in [0.25, 0.3) is 0 Å². The minimum atomic E-state index is -0.211. The quantitative estimate of drug-likeness (QED) is 0.582. The minimum Gasteiger partial charge on any atom is -0.339 e. The summed E-state index contributed by atoms with van der Waals surface area (Å²) in [5.41, 5.74) is 0. The Bertz CT molecular complexity index is 317. The fourth-order valence-corrected chi connectivity index (χ4v) is 1.23. The van der Waals surface area contributed by atoms with Gasteiger partial charge in [0.15, 0.2) is 0 Å². The first-order valence-electron chi connectivity index (χ1n) is 3.65. The summed E-state index contributed by atoms with van der Waals surface area (Å²) in [7, 11) is 0. The topological polar surface area (TPSA) is 38.8 Å². The molecule has 0 spiro atoms. The molecule has 2 rings (SSSR count). The van der Waals surface area contributed by atoms with Crippen molar-refractivity contribution in [3.8, 4) is 11.5 Å².